The van der Waals surface area contributed by atoms with Crippen LogP contribution in [-0.4, -0.2) is 58.8 Å². The molecule has 31 heavy (non-hydrogen) atoms. The van der Waals surface area contributed by atoms with Gasteiger partial charge in [-0.15, -0.1) is 0 Å². The summed E-state index contributed by atoms with van der Waals surface area (Å²) in [7, 11) is -1.92. The largest absolute Gasteiger partial charge is 0.338 e. The van der Waals surface area contributed by atoms with Crippen LogP contribution < -0.4 is 5.69 Å². The molecule has 0 bridgehead atoms. The average molecular weight is 443 g/mol. The minimum atomic E-state index is -3.60. The third kappa shape index (κ3) is 3.79. The predicted octanol–water partition coefficient (Wildman–Crippen LogP) is 1.49. The minimum absolute atomic E-state index is 0.0654. The second kappa shape index (κ2) is 7.97. The Kier molecular flexibility index (Phi) is 5.49. The summed E-state index contributed by atoms with van der Waals surface area (Å²) >= 11 is 0. The van der Waals surface area contributed by atoms with Crippen molar-refractivity contribution in [2.24, 2.45) is 7.05 Å². The molecule has 0 atom stereocenters. The SMILES string of the molecule is Cc1ccc(S(=O)(=O)N2CCN(C(=O)Cn3c(=O)n(C)c4ccccc43)CC2)cc1C. The molecule has 0 unspecified atom stereocenters. The molecule has 0 saturated carbocycles. The summed E-state index contributed by atoms with van der Waals surface area (Å²) in [6.07, 6.45) is 0. The number of imidazole rings is 1. The fourth-order valence-electron chi connectivity index (χ4n) is 3.95. The number of sulfonamides is 1. The molecule has 1 saturated heterocycles. The monoisotopic (exact) mass is 442 g/mol. The van der Waals surface area contributed by atoms with E-state index in [2.05, 4.69) is 0 Å². The fourth-order valence-corrected chi connectivity index (χ4v) is 5.46. The van der Waals surface area contributed by atoms with Crippen LogP contribution in [0.15, 0.2) is 52.2 Å². The molecule has 1 aliphatic heterocycles. The normalized spacial score (nSPS) is 15.5. The van der Waals surface area contributed by atoms with Gasteiger partial charge in [0.15, 0.2) is 0 Å². The summed E-state index contributed by atoms with van der Waals surface area (Å²) in [5.41, 5.74) is 3.20. The highest BCUT2D eigenvalue weighted by Gasteiger charge is 2.30. The van der Waals surface area contributed by atoms with Crippen molar-refractivity contribution < 1.29 is 13.2 Å². The number of hydrogen-bond donors (Lipinski definition) is 0. The molecule has 0 N–H and O–H groups in total. The lowest BCUT2D eigenvalue weighted by Gasteiger charge is -2.34. The lowest BCUT2D eigenvalue weighted by Crippen LogP contribution is -2.51. The molecule has 4 rings (SSSR count). The Labute approximate surface area is 181 Å². The van der Waals surface area contributed by atoms with E-state index < -0.39 is 10.0 Å². The molecule has 1 amide bonds. The van der Waals surface area contributed by atoms with E-state index in [1.54, 1.807) is 24.1 Å². The van der Waals surface area contributed by atoms with Gasteiger partial charge >= 0.3 is 5.69 Å². The second-order valence-electron chi connectivity index (χ2n) is 7.95. The molecule has 2 aromatic carbocycles. The van der Waals surface area contributed by atoms with Gasteiger partial charge in [0.05, 0.1) is 15.9 Å². The van der Waals surface area contributed by atoms with Gasteiger partial charge in [-0.3, -0.25) is 13.9 Å². The number of fused-ring (bicyclic) bond motifs is 1. The number of carbonyl (C=O) groups is 1. The Bertz CT molecular complexity index is 1320. The number of aryl methyl sites for hydroxylation is 3. The lowest BCUT2D eigenvalue weighted by molar-refractivity contribution is -0.133. The molecule has 0 spiro atoms. The molecular formula is C22H26N4O4S. The van der Waals surface area contributed by atoms with Crippen LogP contribution in [0.4, 0.5) is 0 Å². The van der Waals surface area contributed by atoms with Gasteiger partial charge < -0.3 is 4.90 Å². The van der Waals surface area contributed by atoms with Gasteiger partial charge in [0.2, 0.25) is 15.9 Å². The van der Waals surface area contributed by atoms with Crippen LogP contribution in [0.5, 0.6) is 0 Å². The van der Waals surface area contributed by atoms with Crippen molar-refractivity contribution in [1.29, 1.82) is 0 Å². The predicted molar refractivity (Wildman–Crippen MR) is 118 cm³/mol. The zero-order valence-corrected chi connectivity index (χ0v) is 18.7. The van der Waals surface area contributed by atoms with Crippen molar-refractivity contribution in [3.8, 4) is 0 Å². The van der Waals surface area contributed by atoms with Gasteiger partial charge in [0.1, 0.15) is 6.54 Å². The maximum absolute atomic E-state index is 13.0. The number of carbonyl (C=O) groups excluding carboxylic acids is 1. The van der Waals surface area contributed by atoms with E-state index in [-0.39, 0.29) is 36.1 Å². The van der Waals surface area contributed by atoms with Crippen molar-refractivity contribution in [2.75, 3.05) is 26.2 Å². The maximum Gasteiger partial charge on any atom is 0.329 e. The van der Waals surface area contributed by atoms with E-state index in [0.29, 0.717) is 18.6 Å². The number of para-hydroxylation sites is 2. The zero-order valence-electron chi connectivity index (χ0n) is 17.9. The highest BCUT2D eigenvalue weighted by atomic mass is 32.2. The highest BCUT2D eigenvalue weighted by Crippen LogP contribution is 2.21. The molecule has 0 aliphatic carbocycles. The van der Waals surface area contributed by atoms with Crippen molar-refractivity contribution in [3.63, 3.8) is 0 Å². The number of amides is 1. The van der Waals surface area contributed by atoms with E-state index in [9.17, 15) is 18.0 Å². The lowest BCUT2D eigenvalue weighted by atomic mass is 10.1. The first-order valence-electron chi connectivity index (χ1n) is 10.2. The van der Waals surface area contributed by atoms with E-state index in [0.717, 1.165) is 16.6 Å². The highest BCUT2D eigenvalue weighted by molar-refractivity contribution is 7.89. The fraction of sp³-hybridized carbons (Fsp3) is 0.364. The Morgan fingerprint density at radius 3 is 2.23 bits per heavy atom. The van der Waals surface area contributed by atoms with E-state index in [1.165, 1.54) is 13.4 Å². The molecule has 2 heterocycles. The first-order valence-corrected chi connectivity index (χ1v) is 11.6. The van der Waals surface area contributed by atoms with Gasteiger partial charge in [0, 0.05) is 33.2 Å². The topological polar surface area (TPSA) is 84.6 Å². The summed E-state index contributed by atoms with van der Waals surface area (Å²) in [5, 5.41) is 0. The van der Waals surface area contributed by atoms with E-state index >= 15 is 0 Å². The van der Waals surface area contributed by atoms with Crippen molar-refractivity contribution in [1.82, 2.24) is 18.3 Å². The number of benzene rings is 2. The van der Waals surface area contributed by atoms with Crippen LogP contribution >= 0.6 is 0 Å². The van der Waals surface area contributed by atoms with Crippen molar-refractivity contribution in [2.45, 2.75) is 25.3 Å². The maximum atomic E-state index is 13.0. The summed E-state index contributed by atoms with van der Waals surface area (Å²) in [4.78, 5) is 27.3. The van der Waals surface area contributed by atoms with Gasteiger partial charge in [0.25, 0.3) is 0 Å². The second-order valence-corrected chi connectivity index (χ2v) is 9.89. The summed E-state index contributed by atoms with van der Waals surface area (Å²) < 4.78 is 30.4. The van der Waals surface area contributed by atoms with Crippen LogP contribution in [0.2, 0.25) is 0 Å². The van der Waals surface area contributed by atoms with E-state index in [4.69, 9.17) is 0 Å². The molecule has 1 fully saturated rings. The first-order chi connectivity index (χ1) is 14.7. The third-order valence-corrected chi connectivity index (χ3v) is 7.95. The van der Waals surface area contributed by atoms with Crippen LogP contribution in [0.3, 0.4) is 0 Å². The van der Waals surface area contributed by atoms with Gasteiger partial charge in [-0.25, -0.2) is 13.2 Å². The standard InChI is InChI=1S/C22H26N4O4S/c1-16-8-9-18(14-17(16)2)31(29,30)25-12-10-24(11-13-25)21(27)15-26-20-7-5-4-6-19(20)23(3)22(26)28/h4-9,14H,10-13,15H2,1-3H3. The molecule has 164 valence electrons. The number of piperazine rings is 1. The number of aromatic nitrogens is 2. The average Bonchev–Trinajstić information content (AvgIpc) is 3.00. The van der Waals surface area contributed by atoms with Gasteiger partial charge in [-0.1, -0.05) is 18.2 Å². The Balaban J connectivity index is 1.47. The Morgan fingerprint density at radius 2 is 1.58 bits per heavy atom. The van der Waals surface area contributed by atoms with Crippen LogP contribution in [0, 0.1) is 13.8 Å². The summed E-state index contributed by atoms with van der Waals surface area (Å²) in [6.45, 7) is 4.81. The summed E-state index contributed by atoms with van der Waals surface area (Å²) in [5.74, 6) is -0.193. The van der Waals surface area contributed by atoms with Gasteiger partial charge in [-0.2, -0.15) is 4.31 Å². The molecule has 9 heteroatoms. The number of nitrogens with zero attached hydrogens (tertiary/aromatic N) is 4. The molecule has 3 aromatic rings. The zero-order chi connectivity index (χ0) is 22.3. The first kappa shape index (κ1) is 21.3. The molecule has 1 aromatic heterocycles. The Morgan fingerprint density at radius 1 is 0.935 bits per heavy atom. The van der Waals surface area contributed by atoms with Crippen molar-refractivity contribution in [3.05, 3.63) is 64.1 Å². The Hall–Kier alpha value is -2.91. The number of hydrogen-bond acceptors (Lipinski definition) is 4. The molecule has 8 nitrogen and oxygen atoms in total. The van der Waals surface area contributed by atoms with Crippen LogP contribution in [-0.2, 0) is 28.4 Å². The van der Waals surface area contributed by atoms with Gasteiger partial charge in [-0.05, 0) is 49.2 Å². The third-order valence-electron chi connectivity index (χ3n) is 6.05. The quantitative estimate of drug-likeness (QED) is 0.613. The van der Waals surface area contributed by atoms with Crippen LogP contribution in [0.1, 0.15) is 11.1 Å². The molecule has 0 radical (unpaired) electrons. The smallest absolute Gasteiger partial charge is 0.329 e. The minimum Gasteiger partial charge on any atom is -0.338 e. The van der Waals surface area contributed by atoms with Crippen molar-refractivity contribution >= 4 is 27.0 Å². The molecule has 1 aliphatic rings. The molecular weight excluding hydrogens is 416 g/mol. The number of rotatable bonds is 4. The van der Waals surface area contributed by atoms with E-state index in [1.807, 2.05) is 44.2 Å². The van der Waals surface area contributed by atoms with Crippen LogP contribution in [0.25, 0.3) is 11.0 Å². The summed E-state index contributed by atoms with van der Waals surface area (Å²) in [6, 6.07) is 12.5.